The number of methoxy groups -OCH3 is 1. The van der Waals surface area contributed by atoms with Crippen LogP contribution in [0.1, 0.15) is 11.1 Å². The van der Waals surface area contributed by atoms with E-state index < -0.39 is 11.6 Å². The van der Waals surface area contributed by atoms with Gasteiger partial charge in [0.15, 0.2) is 0 Å². The first kappa shape index (κ1) is 14.6. The van der Waals surface area contributed by atoms with E-state index in [2.05, 4.69) is 27.9 Å². The Hall–Kier alpha value is -1.34. The van der Waals surface area contributed by atoms with Crippen LogP contribution in [0.3, 0.4) is 0 Å². The first-order valence-corrected chi connectivity index (χ1v) is 7.57. The number of alkyl halides is 1. The molecule has 1 N–H and O–H groups in total. The molecule has 21 heavy (non-hydrogen) atoms. The highest BCUT2D eigenvalue weighted by Crippen LogP contribution is 2.45. The van der Waals surface area contributed by atoms with Crippen LogP contribution in [0.5, 0.6) is 5.75 Å². The molecule has 1 aliphatic heterocycles. The van der Waals surface area contributed by atoms with Gasteiger partial charge in [0.05, 0.1) is 12.1 Å². The van der Waals surface area contributed by atoms with Crippen LogP contribution in [0, 0.1) is 3.57 Å². The SMILES string of the molecule is COc1cc(C2(F)C(=O)Nc3cc(I)ccc32)ccc1Cl. The molecule has 0 fully saturated rings. The Balaban J connectivity index is 2.19. The normalized spacial score (nSPS) is 20.1. The van der Waals surface area contributed by atoms with Gasteiger partial charge in [-0.3, -0.25) is 4.79 Å². The first-order valence-electron chi connectivity index (χ1n) is 6.11. The van der Waals surface area contributed by atoms with Gasteiger partial charge in [-0.1, -0.05) is 23.7 Å². The second-order valence-electron chi connectivity index (χ2n) is 4.65. The molecule has 0 saturated heterocycles. The van der Waals surface area contributed by atoms with E-state index in [1.54, 1.807) is 18.2 Å². The van der Waals surface area contributed by atoms with Crippen molar-refractivity contribution in [3.05, 3.63) is 56.1 Å². The molecule has 1 heterocycles. The number of carbonyl (C=O) groups excluding carboxylic acids is 1. The Kier molecular flexibility index (Phi) is 3.57. The number of benzene rings is 2. The highest BCUT2D eigenvalue weighted by molar-refractivity contribution is 14.1. The maximum Gasteiger partial charge on any atom is 0.271 e. The molecule has 0 bridgehead atoms. The van der Waals surface area contributed by atoms with Crippen molar-refractivity contribution >= 4 is 45.8 Å². The fraction of sp³-hybridized carbons (Fsp3) is 0.133. The lowest BCUT2D eigenvalue weighted by atomic mass is 9.89. The van der Waals surface area contributed by atoms with Crippen LogP contribution < -0.4 is 10.1 Å². The zero-order chi connectivity index (χ0) is 15.2. The van der Waals surface area contributed by atoms with Crippen LogP contribution in [-0.2, 0) is 10.5 Å². The van der Waals surface area contributed by atoms with Crippen molar-refractivity contribution in [2.45, 2.75) is 5.67 Å². The molecule has 2 aromatic carbocycles. The highest BCUT2D eigenvalue weighted by Gasteiger charge is 2.49. The van der Waals surface area contributed by atoms with Gasteiger partial charge in [0.1, 0.15) is 5.75 Å². The summed E-state index contributed by atoms with van der Waals surface area (Å²) in [6, 6.07) is 9.60. The smallest absolute Gasteiger partial charge is 0.271 e. The number of anilines is 1. The second-order valence-corrected chi connectivity index (χ2v) is 6.30. The van der Waals surface area contributed by atoms with Crippen LogP contribution >= 0.6 is 34.2 Å². The lowest BCUT2D eigenvalue weighted by molar-refractivity contribution is -0.124. The van der Waals surface area contributed by atoms with Gasteiger partial charge in [-0.05, 0) is 46.9 Å². The molecule has 0 radical (unpaired) electrons. The number of hydrogen-bond acceptors (Lipinski definition) is 2. The van der Waals surface area contributed by atoms with Gasteiger partial charge in [-0.15, -0.1) is 0 Å². The van der Waals surface area contributed by atoms with Crippen molar-refractivity contribution in [3.63, 3.8) is 0 Å². The monoisotopic (exact) mass is 417 g/mol. The van der Waals surface area contributed by atoms with E-state index in [1.165, 1.54) is 25.3 Å². The lowest BCUT2D eigenvalue weighted by Gasteiger charge is -2.19. The van der Waals surface area contributed by atoms with E-state index in [0.29, 0.717) is 22.0 Å². The molecule has 0 aromatic heterocycles. The molecule has 108 valence electrons. The third kappa shape index (κ3) is 2.19. The minimum atomic E-state index is -2.24. The minimum absolute atomic E-state index is 0.196. The molecule has 1 amide bonds. The quantitative estimate of drug-likeness (QED) is 0.747. The number of fused-ring (bicyclic) bond motifs is 1. The van der Waals surface area contributed by atoms with Crippen LogP contribution in [-0.4, -0.2) is 13.0 Å². The van der Waals surface area contributed by atoms with Crippen molar-refractivity contribution in [3.8, 4) is 5.75 Å². The summed E-state index contributed by atoms with van der Waals surface area (Å²) in [5, 5.41) is 2.95. The molecule has 0 saturated carbocycles. The number of ether oxygens (including phenoxy) is 1. The standard InChI is InChI=1S/C15H10ClFINO2/c1-21-13-6-8(2-5-11(13)16)15(17)10-4-3-9(18)7-12(10)19-14(15)20/h2-7H,1H3,(H,19,20). The Morgan fingerprint density at radius 2 is 2.05 bits per heavy atom. The van der Waals surface area contributed by atoms with Gasteiger partial charge in [-0.2, -0.15) is 0 Å². The van der Waals surface area contributed by atoms with Crippen molar-refractivity contribution < 1.29 is 13.9 Å². The van der Waals surface area contributed by atoms with E-state index in [4.69, 9.17) is 16.3 Å². The van der Waals surface area contributed by atoms with Gasteiger partial charge in [0.2, 0.25) is 5.67 Å². The summed E-state index contributed by atoms with van der Waals surface area (Å²) in [6.45, 7) is 0. The van der Waals surface area contributed by atoms with E-state index in [0.717, 1.165) is 3.57 Å². The van der Waals surface area contributed by atoms with Crippen molar-refractivity contribution in [1.29, 1.82) is 0 Å². The third-order valence-electron chi connectivity index (χ3n) is 3.46. The van der Waals surface area contributed by atoms with Crippen LogP contribution in [0.15, 0.2) is 36.4 Å². The summed E-state index contributed by atoms with van der Waals surface area (Å²) in [4.78, 5) is 12.2. The predicted octanol–water partition coefficient (Wildman–Crippen LogP) is 4.12. The predicted molar refractivity (Wildman–Crippen MR) is 87.7 cm³/mol. The van der Waals surface area contributed by atoms with Crippen LogP contribution in [0.2, 0.25) is 5.02 Å². The maximum atomic E-state index is 15.5. The van der Waals surface area contributed by atoms with Gasteiger partial charge in [0, 0.05) is 20.4 Å². The highest BCUT2D eigenvalue weighted by atomic mass is 127. The fourth-order valence-corrected chi connectivity index (χ4v) is 3.10. The molecule has 1 atom stereocenters. The zero-order valence-corrected chi connectivity index (χ0v) is 13.8. The number of rotatable bonds is 2. The second kappa shape index (κ2) is 5.14. The summed E-state index contributed by atoms with van der Waals surface area (Å²) in [7, 11) is 1.45. The topological polar surface area (TPSA) is 38.3 Å². The Bertz CT molecular complexity index is 752. The van der Waals surface area contributed by atoms with E-state index in [9.17, 15) is 4.79 Å². The molecule has 0 spiro atoms. The van der Waals surface area contributed by atoms with E-state index >= 15 is 4.39 Å². The Morgan fingerprint density at radius 3 is 2.76 bits per heavy atom. The van der Waals surface area contributed by atoms with Crippen molar-refractivity contribution in [2.75, 3.05) is 12.4 Å². The number of halogens is 3. The average Bonchev–Trinajstić information content (AvgIpc) is 2.71. The Morgan fingerprint density at radius 1 is 1.29 bits per heavy atom. The van der Waals surface area contributed by atoms with Crippen molar-refractivity contribution in [2.24, 2.45) is 0 Å². The van der Waals surface area contributed by atoms with Gasteiger partial charge >= 0.3 is 0 Å². The third-order valence-corrected chi connectivity index (χ3v) is 4.45. The molecule has 2 aromatic rings. The molecule has 0 aliphatic carbocycles. The molecule has 1 aliphatic rings. The van der Waals surface area contributed by atoms with E-state index in [1.807, 2.05) is 0 Å². The van der Waals surface area contributed by atoms with Crippen molar-refractivity contribution in [1.82, 2.24) is 0 Å². The molecule has 3 rings (SSSR count). The average molecular weight is 418 g/mol. The summed E-state index contributed by atoms with van der Waals surface area (Å²) in [5.41, 5.74) is -1.25. The number of nitrogens with one attached hydrogen (secondary N) is 1. The van der Waals surface area contributed by atoms with Gasteiger partial charge < -0.3 is 10.1 Å². The minimum Gasteiger partial charge on any atom is -0.495 e. The molecular weight excluding hydrogens is 408 g/mol. The van der Waals surface area contributed by atoms with Crippen LogP contribution in [0.25, 0.3) is 0 Å². The fourth-order valence-electron chi connectivity index (χ4n) is 2.41. The summed E-state index contributed by atoms with van der Waals surface area (Å²) in [6.07, 6.45) is 0. The molecule has 6 heteroatoms. The van der Waals surface area contributed by atoms with Gasteiger partial charge in [0.25, 0.3) is 5.91 Å². The first-order chi connectivity index (χ1) is 9.96. The van der Waals surface area contributed by atoms with E-state index in [-0.39, 0.29) is 5.56 Å². The summed E-state index contributed by atoms with van der Waals surface area (Å²) < 4.78 is 21.5. The zero-order valence-electron chi connectivity index (χ0n) is 10.9. The van der Waals surface area contributed by atoms with Crippen LogP contribution in [0.4, 0.5) is 10.1 Å². The number of hydrogen-bond donors (Lipinski definition) is 1. The summed E-state index contributed by atoms with van der Waals surface area (Å²) in [5.74, 6) is -0.373. The molecular formula is C15H10ClFINO2. The Labute approximate surface area is 139 Å². The lowest BCUT2D eigenvalue weighted by Crippen LogP contribution is -2.30. The molecule has 1 unspecified atom stereocenters. The molecule has 3 nitrogen and oxygen atoms in total. The van der Waals surface area contributed by atoms with Gasteiger partial charge in [-0.25, -0.2) is 4.39 Å². The number of carbonyl (C=O) groups is 1. The number of amides is 1. The maximum absolute atomic E-state index is 15.5. The largest absolute Gasteiger partial charge is 0.495 e. The summed E-state index contributed by atoms with van der Waals surface area (Å²) >= 11 is 8.07.